The van der Waals surface area contributed by atoms with Gasteiger partial charge in [-0.15, -0.1) is 0 Å². The van der Waals surface area contributed by atoms with Gasteiger partial charge in [-0.2, -0.15) is 0 Å². The molecule has 0 aliphatic rings. The Morgan fingerprint density at radius 2 is 1.95 bits per heavy atom. The number of rotatable bonds is 6. The molecule has 0 saturated carbocycles. The number of amides is 3. The van der Waals surface area contributed by atoms with Crippen LogP contribution in [-0.4, -0.2) is 34.9 Å². The summed E-state index contributed by atoms with van der Waals surface area (Å²) in [6.07, 6.45) is 1.56. The van der Waals surface area contributed by atoms with Gasteiger partial charge >= 0.3 is 0 Å². The summed E-state index contributed by atoms with van der Waals surface area (Å²) in [5, 5.41) is 5.01. The second kappa shape index (κ2) is 6.89. The van der Waals surface area contributed by atoms with Gasteiger partial charge in [0.05, 0.1) is 18.3 Å². The maximum Gasteiger partial charge on any atom is 0.265 e. The van der Waals surface area contributed by atoms with Crippen molar-refractivity contribution in [2.24, 2.45) is 24.4 Å². The molecular formula is C13H21N5O3. The highest BCUT2D eigenvalue weighted by Gasteiger charge is 2.18. The number of primary amides is 1. The smallest absolute Gasteiger partial charge is 0.265 e. The topological polar surface area (TPSA) is 132 Å². The van der Waals surface area contributed by atoms with Crippen molar-refractivity contribution in [1.29, 1.82) is 0 Å². The molecule has 1 atom stereocenters. The first-order valence-corrected chi connectivity index (χ1v) is 6.51. The molecule has 0 aromatic carbocycles. The SMILES string of the molecule is CC(C)[C@H](N)C(=O)NCC(=O)Nc1cc(C(N)=O)n(C)c1. The molecule has 0 fully saturated rings. The standard InChI is InChI=1S/C13H21N5O3/c1-7(2)11(14)13(21)16-5-10(19)17-8-4-9(12(15)20)18(3)6-8/h4,6-7,11H,5,14H2,1-3H3,(H2,15,20)(H,16,21)(H,17,19)/t11-/m0/s1. The number of carbonyl (C=O) groups is 3. The van der Waals surface area contributed by atoms with Gasteiger partial charge in [-0.3, -0.25) is 14.4 Å². The summed E-state index contributed by atoms with van der Waals surface area (Å²) in [6.45, 7) is 3.44. The van der Waals surface area contributed by atoms with Crippen LogP contribution in [0.2, 0.25) is 0 Å². The lowest BCUT2D eigenvalue weighted by molar-refractivity contribution is -0.125. The van der Waals surface area contributed by atoms with Crippen molar-refractivity contribution in [3.05, 3.63) is 18.0 Å². The number of nitrogens with two attached hydrogens (primary N) is 2. The minimum Gasteiger partial charge on any atom is -0.364 e. The van der Waals surface area contributed by atoms with Crippen LogP contribution in [-0.2, 0) is 16.6 Å². The van der Waals surface area contributed by atoms with Crippen LogP contribution in [0.3, 0.4) is 0 Å². The first-order valence-electron chi connectivity index (χ1n) is 6.51. The Hall–Kier alpha value is -2.35. The second-order valence-electron chi connectivity index (χ2n) is 5.12. The van der Waals surface area contributed by atoms with Crippen LogP contribution in [0.4, 0.5) is 5.69 Å². The molecule has 0 aliphatic heterocycles. The summed E-state index contributed by atoms with van der Waals surface area (Å²) in [5.74, 6) is -1.40. The van der Waals surface area contributed by atoms with Gasteiger partial charge in [0.1, 0.15) is 5.69 Å². The Kier molecular flexibility index (Phi) is 5.48. The van der Waals surface area contributed by atoms with Crippen molar-refractivity contribution in [3.63, 3.8) is 0 Å². The molecule has 1 aromatic rings. The molecule has 116 valence electrons. The number of hydrogen-bond acceptors (Lipinski definition) is 4. The Morgan fingerprint density at radius 3 is 2.43 bits per heavy atom. The van der Waals surface area contributed by atoms with E-state index in [1.165, 1.54) is 10.6 Å². The zero-order chi connectivity index (χ0) is 16.2. The highest BCUT2D eigenvalue weighted by atomic mass is 16.2. The molecule has 0 unspecified atom stereocenters. The van der Waals surface area contributed by atoms with Gasteiger partial charge in [-0.25, -0.2) is 0 Å². The number of aromatic nitrogens is 1. The number of anilines is 1. The average Bonchev–Trinajstić information content (AvgIpc) is 2.75. The molecule has 6 N–H and O–H groups in total. The van der Waals surface area contributed by atoms with E-state index < -0.39 is 17.9 Å². The van der Waals surface area contributed by atoms with E-state index in [-0.39, 0.29) is 24.1 Å². The van der Waals surface area contributed by atoms with E-state index in [0.717, 1.165) is 0 Å². The normalized spacial score (nSPS) is 12.0. The fourth-order valence-electron chi connectivity index (χ4n) is 1.67. The number of nitrogens with zero attached hydrogens (tertiary/aromatic N) is 1. The third-order valence-electron chi connectivity index (χ3n) is 2.99. The monoisotopic (exact) mass is 295 g/mol. The molecule has 3 amide bonds. The zero-order valence-corrected chi connectivity index (χ0v) is 12.3. The number of aryl methyl sites for hydroxylation is 1. The highest BCUT2D eigenvalue weighted by molar-refractivity contribution is 5.97. The molecule has 21 heavy (non-hydrogen) atoms. The summed E-state index contributed by atoms with van der Waals surface area (Å²) in [7, 11) is 1.64. The van der Waals surface area contributed by atoms with Crippen molar-refractivity contribution >= 4 is 23.4 Å². The van der Waals surface area contributed by atoms with Gasteiger partial charge < -0.3 is 26.7 Å². The third-order valence-corrected chi connectivity index (χ3v) is 2.99. The minimum atomic E-state index is -0.656. The molecular weight excluding hydrogens is 274 g/mol. The van der Waals surface area contributed by atoms with Crippen LogP contribution in [0.15, 0.2) is 12.3 Å². The van der Waals surface area contributed by atoms with Crippen molar-refractivity contribution in [2.75, 3.05) is 11.9 Å². The summed E-state index contributed by atoms with van der Waals surface area (Å²) < 4.78 is 1.51. The zero-order valence-electron chi connectivity index (χ0n) is 12.3. The average molecular weight is 295 g/mol. The summed E-state index contributed by atoms with van der Waals surface area (Å²) in [6, 6.07) is 0.804. The molecule has 0 saturated heterocycles. The first kappa shape index (κ1) is 16.7. The molecule has 0 radical (unpaired) electrons. The predicted octanol–water partition coefficient (Wildman–Crippen LogP) is -0.838. The van der Waals surface area contributed by atoms with Gasteiger partial charge in [0.15, 0.2) is 0 Å². The number of nitrogens with one attached hydrogen (secondary N) is 2. The van der Waals surface area contributed by atoms with Crippen LogP contribution >= 0.6 is 0 Å². The van der Waals surface area contributed by atoms with Gasteiger partial charge in [0.25, 0.3) is 5.91 Å². The van der Waals surface area contributed by atoms with Crippen LogP contribution in [0, 0.1) is 5.92 Å². The molecule has 0 aliphatic carbocycles. The van der Waals surface area contributed by atoms with Gasteiger partial charge in [0, 0.05) is 13.2 Å². The van der Waals surface area contributed by atoms with Crippen molar-refractivity contribution < 1.29 is 14.4 Å². The molecule has 0 bridgehead atoms. The minimum absolute atomic E-state index is 0.0136. The Labute approximate surface area is 122 Å². The van der Waals surface area contributed by atoms with E-state index in [9.17, 15) is 14.4 Å². The van der Waals surface area contributed by atoms with Crippen molar-refractivity contribution in [2.45, 2.75) is 19.9 Å². The second-order valence-corrected chi connectivity index (χ2v) is 5.12. The van der Waals surface area contributed by atoms with Crippen LogP contribution in [0.5, 0.6) is 0 Å². The molecule has 8 nitrogen and oxygen atoms in total. The van der Waals surface area contributed by atoms with Crippen molar-refractivity contribution in [3.8, 4) is 0 Å². The van der Waals surface area contributed by atoms with Gasteiger partial charge in [0.2, 0.25) is 11.8 Å². The molecule has 1 aromatic heterocycles. The number of hydrogen-bond donors (Lipinski definition) is 4. The quantitative estimate of drug-likeness (QED) is 0.544. The van der Waals surface area contributed by atoms with E-state index in [1.807, 2.05) is 13.8 Å². The van der Waals surface area contributed by atoms with E-state index in [1.54, 1.807) is 13.2 Å². The Balaban J connectivity index is 2.53. The molecule has 1 heterocycles. The van der Waals surface area contributed by atoms with Crippen LogP contribution in [0.25, 0.3) is 0 Å². The van der Waals surface area contributed by atoms with Gasteiger partial charge in [-0.05, 0) is 12.0 Å². The van der Waals surface area contributed by atoms with Crippen LogP contribution < -0.4 is 22.1 Å². The van der Waals surface area contributed by atoms with Crippen LogP contribution in [0.1, 0.15) is 24.3 Å². The lowest BCUT2D eigenvalue weighted by atomic mass is 10.1. The molecule has 1 rings (SSSR count). The Bertz CT molecular complexity index is 550. The number of carbonyl (C=O) groups excluding carboxylic acids is 3. The Morgan fingerprint density at radius 1 is 1.33 bits per heavy atom. The summed E-state index contributed by atoms with van der Waals surface area (Å²) in [4.78, 5) is 34.4. The van der Waals surface area contributed by atoms with E-state index in [2.05, 4.69) is 10.6 Å². The lowest BCUT2D eigenvalue weighted by Crippen LogP contribution is -2.46. The summed E-state index contributed by atoms with van der Waals surface area (Å²) in [5.41, 5.74) is 11.5. The largest absolute Gasteiger partial charge is 0.364 e. The lowest BCUT2D eigenvalue weighted by Gasteiger charge is -2.14. The fraction of sp³-hybridized carbons (Fsp3) is 0.462. The van der Waals surface area contributed by atoms with E-state index in [0.29, 0.717) is 5.69 Å². The predicted molar refractivity (Wildman–Crippen MR) is 78.4 cm³/mol. The summed E-state index contributed by atoms with van der Waals surface area (Å²) >= 11 is 0. The first-order chi connectivity index (χ1) is 9.72. The fourth-order valence-corrected chi connectivity index (χ4v) is 1.67. The maximum absolute atomic E-state index is 11.7. The van der Waals surface area contributed by atoms with E-state index >= 15 is 0 Å². The third kappa shape index (κ3) is 4.60. The van der Waals surface area contributed by atoms with Gasteiger partial charge in [-0.1, -0.05) is 13.8 Å². The highest BCUT2D eigenvalue weighted by Crippen LogP contribution is 2.11. The molecule has 0 spiro atoms. The van der Waals surface area contributed by atoms with E-state index in [4.69, 9.17) is 11.5 Å². The van der Waals surface area contributed by atoms with Crippen molar-refractivity contribution in [1.82, 2.24) is 9.88 Å². The maximum atomic E-state index is 11.7. The molecule has 8 heteroatoms.